The number of fused-ring (bicyclic) bond motifs is 1. The molecule has 4 atom stereocenters. The molecule has 1 aromatic carbocycles. The van der Waals surface area contributed by atoms with Crippen LogP contribution in [0.3, 0.4) is 0 Å². The van der Waals surface area contributed by atoms with Crippen molar-refractivity contribution in [3.8, 4) is 17.2 Å². The molecule has 1 spiro atoms. The summed E-state index contributed by atoms with van der Waals surface area (Å²) in [5, 5.41) is 23.0. The molecule has 2 heterocycles. The van der Waals surface area contributed by atoms with Gasteiger partial charge in [-0.25, -0.2) is 0 Å². The molecule has 208 valence electrons. The van der Waals surface area contributed by atoms with E-state index in [4.69, 9.17) is 9.47 Å². The SMILES string of the molecule is CC(C)=CCc1c(O)c(CC=C(C)C)c2c(c1O)C(=O)C1=C[C@@H]3CC4C(C)(C)O[C@](CC=C(C)C)(C3=O)[C@]14O2. The van der Waals surface area contributed by atoms with E-state index in [1.807, 2.05) is 73.6 Å². The highest BCUT2D eigenvalue weighted by molar-refractivity contribution is 6.18. The van der Waals surface area contributed by atoms with E-state index < -0.39 is 22.7 Å². The summed E-state index contributed by atoms with van der Waals surface area (Å²) in [4.78, 5) is 28.5. The number of ketones is 2. The maximum Gasteiger partial charge on any atom is 0.200 e. The van der Waals surface area contributed by atoms with E-state index in [0.29, 0.717) is 29.5 Å². The zero-order chi connectivity index (χ0) is 28.7. The Labute approximate surface area is 231 Å². The topological polar surface area (TPSA) is 93.1 Å². The van der Waals surface area contributed by atoms with Crippen LogP contribution in [0.5, 0.6) is 17.2 Å². The molecule has 39 heavy (non-hydrogen) atoms. The van der Waals surface area contributed by atoms with Gasteiger partial charge in [-0.2, -0.15) is 0 Å². The zero-order valence-electron chi connectivity index (χ0n) is 24.3. The highest BCUT2D eigenvalue weighted by Crippen LogP contribution is 2.68. The molecule has 1 aromatic rings. The molecule has 2 aliphatic heterocycles. The molecule has 1 unspecified atom stereocenters. The van der Waals surface area contributed by atoms with Gasteiger partial charge in [0.05, 0.1) is 5.60 Å². The van der Waals surface area contributed by atoms with Gasteiger partial charge in [-0.1, -0.05) is 41.0 Å². The summed E-state index contributed by atoms with van der Waals surface area (Å²) in [5.41, 5.74) is 0.856. The largest absolute Gasteiger partial charge is 0.507 e. The molecule has 0 amide bonds. The summed E-state index contributed by atoms with van der Waals surface area (Å²) in [6, 6.07) is 0. The van der Waals surface area contributed by atoms with Crippen molar-refractivity contribution in [1.29, 1.82) is 0 Å². The standard InChI is InChI=1S/C33H40O6/c1-17(2)9-11-21-26(34)22(12-10-18(3)4)29-25(27(21)35)28(36)23-15-20-16-24-31(7,8)39-32(30(20)37,14-13-19(5)6)33(23,24)38-29/h9-10,13,15,20,24,34-35H,11-12,14,16H2,1-8H3/t20-,24?,32-,33+/m1/s1. The van der Waals surface area contributed by atoms with Gasteiger partial charge in [-0.3, -0.25) is 9.59 Å². The van der Waals surface area contributed by atoms with Gasteiger partial charge < -0.3 is 19.7 Å². The predicted molar refractivity (Wildman–Crippen MR) is 150 cm³/mol. The Balaban J connectivity index is 1.82. The van der Waals surface area contributed by atoms with Crippen LogP contribution in [0, 0.1) is 11.8 Å². The van der Waals surface area contributed by atoms with Gasteiger partial charge in [-0.05, 0) is 74.7 Å². The second-order valence-electron chi connectivity index (χ2n) is 12.9. The molecule has 2 fully saturated rings. The first-order chi connectivity index (χ1) is 18.2. The van der Waals surface area contributed by atoms with Crippen LogP contribution >= 0.6 is 0 Å². The number of carbonyl (C=O) groups is 2. The third kappa shape index (κ3) is 3.71. The molecule has 6 nitrogen and oxygen atoms in total. The molecule has 6 rings (SSSR count). The molecular formula is C33H40O6. The van der Waals surface area contributed by atoms with Gasteiger partial charge in [0, 0.05) is 35.0 Å². The fraction of sp³-hybridized carbons (Fsp3) is 0.515. The number of allylic oxidation sites excluding steroid dienone is 6. The van der Waals surface area contributed by atoms with Crippen LogP contribution < -0.4 is 4.74 Å². The van der Waals surface area contributed by atoms with E-state index in [2.05, 4.69) is 0 Å². The lowest BCUT2D eigenvalue weighted by Crippen LogP contribution is -2.72. The molecule has 2 N–H and O–H groups in total. The van der Waals surface area contributed by atoms with Gasteiger partial charge in [0.25, 0.3) is 0 Å². The molecular weight excluding hydrogens is 492 g/mol. The summed E-state index contributed by atoms with van der Waals surface area (Å²) in [6.07, 6.45) is 9.00. The van der Waals surface area contributed by atoms with Crippen molar-refractivity contribution in [2.75, 3.05) is 0 Å². The van der Waals surface area contributed by atoms with Gasteiger partial charge in [-0.15, -0.1) is 0 Å². The molecule has 4 bridgehead atoms. The van der Waals surface area contributed by atoms with E-state index in [0.717, 1.165) is 16.7 Å². The van der Waals surface area contributed by atoms with E-state index in [9.17, 15) is 19.8 Å². The van der Waals surface area contributed by atoms with Crippen LogP contribution in [0.2, 0.25) is 0 Å². The molecule has 5 aliphatic rings. The summed E-state index contributed by atoms with van der Waals surface area (Å²) in [5.74, 6) is -1.33. The van der Waals surface area contributed by atoms with Crippen molar-refractivity contribution in [3.63, 3.8) is 0 Å². The minimum absolute atomic E-state index is 0.0635. The number of hydrogen-bond acceptors (Lipinski definition) is 6. The summed E-state index contributed by atoms with van der Waals surface area (Å²) in [6.45, 7) is 15.7. The lowest BCUT2D eigenvalue weighted by atomic mass is 9.51. The molecule has 1 saturated heterocycles. The van der Waals surface area contributed by atoms with Gasteiger partial charge >= 0.3 is 0 Å². The lowest BCUT2D eigenvalue weighted by Gasteiger charge is -2.56. The fourth-order valence-electron chi connectivity index (χ4n) is 7.10. The summed E-state index contributed by atoms with van der Waals surface area (Å²) < 4.78 is 13.7. The maximum absolute atomic E-state index is 14.5. The second kappa shape index (κ2) is 8.95. The predicted octanol–water partition coefficient (Wildman–Crippen LogP) is 6.48. The number of hydrogen-bond donors (Lipinski definition) is 2. The quantitative estimate of drug-likeness (QED) is 0.408. The average molecular weight is 533 g/mol. The number of phenols is 2. The minimum Gasteiger partial charge on any atom is -0.507 e. The number of carbonyl (C=O) groups excluding carboxylic acids is 2. The van der Waals surface area contributed by atoms with Crippen LogP contribution in [0.1, 0.15) is 89.7 Å². The molecule has 1 saturated carbocycles. The van der Waals surface area contributed by atoms with Crippen LogP contribution in [0.15, 0.2) is 46.6 Å². The number of rotatable bonds is 6. The van der Waals surface area contributed by atoms with Gasteiger partial charge in [0.2, 0.25) is 0 Å². The van der Waals surface area contributed by atoms with Crippen molar-refractivity contribution < 1.29 is 29.3 Å². The Kier molecular flexibility index (Phi) is 6.30. The number of phenolic OH excluding ortho intramolecular Hbond substituents is 2. The third-order valence-corrected chi connectivity index (χ3v) is 8.92. The van der Waals surface area contributed by atoms with Crippen LogP contribution in [-0.4, -0.2) is 38.6 Å². The number of aromatic hydroxyl groups is 2. The van der Waals surface area contributed by atoms with E-state index in [1.165, 1.54) is 0 Å². The van der Waals surface area contributed by atoms with Crippen molar-refractivity contribution >= 4 is 11.6 Å². The Morgan fingerprint density at radius 1 is 0.923 bits per heavy atom. The molecule has 3 aliphatic carbocycles. The lowest BCUT2D eigenvalue weighted by molar-refractivity contribution is -0.171. The van der Waals surface area contributed by atoms with Crippen LogP contribution in [0.4, 0.5) is 0 Å². The third-order valence-electron chi connectivity index (χ3n) is 8.92. The zero-order valence-corrected chi connectivity index (χ0v) is 24.3. The number of ether oxygens (including phenoxy) is 2. The highest BCUT2D eigenvalue weighted by atomic mass is 16.6. The molecule has 0 aromatic heterocycles. The Hall–Kier alpha value is -3.12. The summed E-state index contributed by atoms with van der Waals surface area (Å²) >= 11 is 0. The first-order valence-electron chi connectivity index (χ1n) is 13.9. The van der Waals surface area contributed by atoms with Crippen LogP contribution in [-0.2, 0) is 22.4 Å². The van der Waals surface area contributed by atoms with Crippen molar-refractivity contribution in [2.24, 2.45) is 11.8 Å². The number of Topliss-reactive ketones (excluding diaryl/α,β-unsaturated/α-hetero) is 2. The van der Waals surface area contributed by atoms with Crippen molar-refractivity contribution in [3.05, 3.63) is 63.3 Å². The Morgan fingerprint density at radius 3 is 2.10 bits per heavy atom. The molecule has 6 heteroatoms. The van der Waals surface area contributed by atoms with Gasteiger partial charge in [0.15, 0.2) is 22.8 Å². The second-order valence-corrected chi connectivity index (χ2v) is 12.9. The van der Waals surface area contributed by atoms with Crippen molar-refractivity contribution in [2.45, 2.75) is 97.9 Å². The smallest absolute Gasteiger partial charge is 0.200 e. The van der Waals surface area contributed by atoms with Gasteiger partial charge in [0.1, 0.15) is 22.8 Å². The number of benzene rings is 1. The monoisotopic (exact) mass is 532 g/mol. The van der Waals surface area contributed by atoms with E-state index in [1.54, 1.807) is 6.08 Å². The summed E-state index contributed by atoms with van der Waals surface area (Å²) in [7, 11) is 0. The first kappa shape index (κ1) is 27.4. The first-order valence-corrected chi connectivity index (χ1v) is 13.9. The van der Waals surface area contributed by atoms with E-state index in [-0.39, 0.29) is 53.1 Å². The Morgan fingerprint density at radius 2 is 1.51 bits per heavy atom. The average Bonchev–Trinajstić information content (AvgIpc) is 2.99. The minimum atomic E-state index is -1.38. The van der Waals surface area contributed by atoms with E-state index >= 15 is 0 Å². The van der Waals surface area contributed by atoms with Crippen LogP contribution in [0.25, 0.3) is 0 Å². The van der Waals surface area contributed by atoms with Crippen molar-refractivity contribution in [1.82, 2.24) is 0 Å². The fourth-order valence-corrected chi connectivity index (χ4v) is 7.10. The molecule has 0 radical (unpaired) electrons. The Bertz CT molecular complexity index is 1410. The normalized spacial score (nSPS) is 29.2. The maximum atomic E-state index is 14.5. The highest BCUT2D eigenvalue weighted by Gasteiger charge is 2.81.